The Hall–Kier alpha value is -1.13. The zero-order valence-corrected chi connectivity index (χ0v) is 12.8. The number of rotatable bonds is 1. The van der Waals surface area contributed by atoms with Gasteiger partial charge in [-0.3, -0.25) is 0 Å². The minimum absolute atomic E-state index is 0.272. The Bertz CT molecular complexity index is 617. The number of hydrogen-bond acceptors (Lipinski definition) is 3. The fourth-order valence-electron chi connectivity index (χ4n) is 2.52. The van der Waals surface area contributed by atoms with E-state index in [0.717, 1.165) is 23.1 Å². The molecule has 3 rings (SSSR count). The van der Waals surface area contributed by atoms with Crippen molar-refractivity contribution in [3.8, 4) is 0 Å². The molecule has 0 radical (unpaired) electrons. The van der Waals surface area contributed by atoms with E-state index in [-0.39, 0.29) is 5.28 Å². The van der Waals surface area contributed by atoms with Gasteiger partial charge in [0.1, 0.15) is 0 Å². The van der Waals surface area contributed by atoms with Crippen LogP contribution in [0.1, 0.15) is 18.9 Å². The number of anilines is 2. The van der Waals surface area contributed by atoms with Crippen LogP contribution in [-0.2, 0) is 6.42 Å². The summed E-state index contributed by atoms with van der Waals surface area (Å²) in [5.74, 6) is 0.833. The predicted octanol–water partition coefficient (Wildman–Crippen LogP) is 4.37. The first-order valence-corrected chi connectivity index (χ1v) is 7.39. The lowest BCUT2D eigenvalue weighted by atomic mass is 9.97. The molecule has 5 heteroatoms. The predicted molar refractivity (Wildman–Crippen MR) is 81.1 cm³/mol. The van der Waals surface area contributed by atoms with Crippen LogP contribution in [0.2, 0.25) is 5.28 Å². The van der Waals surface area contributed by atoms with Gasteiger partial charge in [0, 0.05) is 17.9 Å². The highest BCUT2D eigenvalue weighted by atomic mass is 79.9. The second-order valence-electron chi connectivity index (χ2n) is 4.70. The minimum atomic E-state index is 0.272. The molecule has 0 N–H and O–H groups in total. The molecule has 2 heterocycles. The molecule has 0 amide bonds. The second-order valence-corrected chi connectivity index (χ2v) is 5.89. The molecule has 1 aromatic heterocycles. The quantitative estimate of drug-likeness (QED) is 0.723. The van der Waals surface area contributed by atoms with Gasteiger partial charge in [-0.1, -0.05) is 18.2 Å². The molecule has 2 aromatic rings. The van der Waals surface area contributed by atoms with Crippen LogP contribution in [0.5, 0.6) is 0 Å². The summed E-state index contributed by atoms with van der Waals surface area (Å²) in [6.45, 7) is 2.21. The van der Waals surface area contributed by atoms with Gasteiger partial charge >= 0.3 is 0 Å². The number of halogens is 2. The Kier molecular flexibility index (Phi) is 3.46. The topological polar surface area (TPSA) is 29.0 Å². The summed E-state index contributed by atoms with van der Waals surface area (Å²) in [4.78, 5) is 10.6. The fraction of sp³-hybridized carbons (Fsp3) is 0.286. The van der Waals surface area contributed by atoms with Gasteiger partial charge in [-0.05, 0) is 58.9 Å². The standard InChI is InChI=1S/C14H13BrClN3/c1-9-6-7-10-4-2-3-5-12(10)19(9)13-11(15)8-17-14(16)18-13/h2-5,8-9H,6-7H2,1H3. The van der Waals surface area contributed by atoms with Gasteiger partial charge in [0.2, 0.25) is 5.28 Å². The molecule has 1 atom stereocenters. The van der Waals surface area contributed by atoms with E-state index in [4.69, 9.17) is 11.6 Å². The second kappa shape index (κ2) is 5.10. The van der Waals surface area contributed by atoms with E-state index in [1.54, 1.807) is 6.20 Å². The molecule has 3 nitrogen and oxygen atoms in total. The smallest absolute Gasteiger partial charge is 0.224 e. The Balaban J connectivity index is 2.16. The monoisotopic (exact) mass is 337 g/mol. The highest BCUT2D eigenvalue weighted by molar-refractivity contribution is 9.10. The minimum Gasteiger partial charge on any atom is -0.322 e. The van der Waals surface area contributed by atoms with Gasteiger partial charge in [-0.15, -0.1) is 0 Å². The Morgan fingerprint density at radius 3 is 3.00 bits per heavy atom. The lowest BCUT2D eigenvalue weighted by molar-refractivity contribution is 0.612. The van der Waals surface area contributed by atoms with Crippen LogP contribution in [0.4, 0.5) is 11.5 Å². The lowest BCUT2D eigenvalue weighted by Crippen LogP contribution is -2.34. The van der Waals surface area contributed by atoms with Gasteiger partial charge < -0.3 is 4.90 Å². The molecule has 0 spiro atoms. The highest BCUT2D eigenvalue weighted by Crippen LogP contribution is 2.38. The SMILES string of the molecule is CC1CCc2ccccc2N1c1nc(Cl)ncc1Br. The molecule has 1 aliphatic rings. The summed E-state index contributed by atoms with van der Waals surface area (Å²) in [6.07, 6.45) is 3.91. The Labute approximate surface area is 125 Å². The molecular weight excluding hydrogens is 326 g/mol. The van der Waals surface area contributed by atoms with E-state index in [1.165, 1.54) is 11.3 Å². The fourth-order valence-corrected chi connectivity index (χ4v) is 3.03. The number of para-hydroxylation sites is 1. The summed E-state index contributed by atoms with van der Waals surface area (Å²) >= 11 is 9.46. The van der Waals surface area contributed by atoms with Crippen molar-refractivity contribution in [2.75, 3.05) is 4.90 Å². The van der Waals surface area contributed by atoms with Gasteiger partial charge in [0.05, 0.1) is 4.47 Å². The average Bonchev–Trinajstić information content (AvgIpc) is 2.42. The normalized spacial score (nSPS) is 18.3. The third-order valence-electron chi connectivity index (χ3n) is 3.45. The lowest BCUT2D eigenvalue weighted by Gasteiger charge is -2.36. The van der Waals surface area contributed by atoms with Crippen molar-refractivity contribution in [2.45, 2.75) is 25.8 Å². The van der Waals surface area contributed by atoms with Crippen LogP contribution in [0.25, 0.3) is 0 Å². The van der Waals surface area contributed by atoms with Crippen LogP contribution in [-0.4, -0.2) is 16.0 Å². The average molecular weight is 339 g/mol. The maximum Gasteiger partial charge on any atom is 0.224 e. The highest BCUT2D eigenvalue weighted by Gasteiger charge is 2.26. The van der Waals surface area contributed by atoms with Crippen molar-refractivity contribution in [1.82, 2.24) is 9.97 Å². The van der Waals surface area contributed by atoms with E-state index in [0.29, 0.717) is 6.04 Å². The van der Waals surface area contributed by atoms with Crippen molar-refractivity contribution in [3.63, 3.8) is 0 Å². The summed E-state index contributed by atoms with van der Waals surface area (Å²) in [5, 5.41) is 0.272. The van der Waals surface area contributed by atoms with Crippen molar-refractivity contribution < 1.29 is 0 Å². The van der Waals surface area contributed by atoms with Crippen LogP contribution >= 0.6 is 27.5 Å². The van der Waals surface area contributed by atoms with Crippen LogP contribution in [0.15, 0.2) is 34.9 Å². The number of hydrogen-bond donors (Lipinski definition) is 0. The van der Waals surface area contributed by atoms with Crippen molar-refractivity contribution in [3.05, 3.63) is 45.8 Å². The first-order valence-electron chi connectivity index (χ1n) is 6.22. The number of aryl methyl sites for hydroxylation is 1. The molecule has 1 aliphatic heterocycles. The molecule has 1 aromatic carbocycles. The first kappa shape index (κ1) is 12.9. The van der Waals surface area contributed by atoms with Crippen molar-refractivity contribution in [1.29, 1.82) is 0 Å². The van der Waals surface area contributed by atoms with Crippen molar-refractivity contribution in [2.24, 2.45) is 0 Å². The van der Waals surface area contributed by atoms with Gasteiger partial charge in [0.25, 0.3) is 0 Å². The van der Waals surface area contributed by atoms with Crippen LogP contribution in [0, 0.1) is 0 Å². The van der Waals surface area contributed by atoms with Crippen molar-refractivity contribution >= 4 is 39.0 Å². The maximum atomic E-state index is 5.94. The summed E-state index contributed by atoms with van der Waals surface area (Å²) in [7, 11) is 0. The summed E-state index contributed by atoms with van der Waals surface area (Å²) < 4.78 is 0.862. The zero-order chi connectivity index (χ0) is 13.4. The third-order valence-corrected chi connectivity index (χ3v) is 4.19. The van der Waals surface area contributed by atoms with E-state index in [2.05, 4.69) is 62.0 Å². The molecule has 98 valence electrons. The summed E-state index contributed by atoms with van der Waals surface area (Å²) in [5.41, 5.74) is 2.55. The Morgan fingerprint density at radius 2 is 2.16 bits per heavy atom. The first-order chi connectivity index (χ1) is 9.16. The molecule has 0 saturated carbocycles. The number of nitrogens with zero attached hydrogens (tertiary/aromatic N) is 3. The molecule has 0 saturated heterocycles. The van der Waals surface area contributed by atoms with E-state index in [9.17, 15) is 0 Å². The van der Waals surface area contributed by atoms with Gasteiger partial charge in [0.15, 0.2) is 5.82 Å². The Morgan fingerprint density at radius 1 is 1.37 bits per heavy atom. The molecule has 19 heavy (non-hydrogen) atoms. The number of aromatic nitrogens is 2. The van der Waals surface area contributed by atoms with E-state index >= 15 is 0 Å². The van der Waals surface area contributed by atoms with Crippen LogP contribution < -0.4 is 4.90 Å². The molecule has 0 aliphatic carbocycles. The molecule has 1 unspecified atom stereocenters. The zero-order valence-electron chi connectivity index (χ0n) is 10.5. The van der Waals surface area contributed by atoms with Gasteiger partial charge in [-0.25, -0.2) is 4.98 Å². The summed E-state index contributed by atoms with van der Waals surface area (Å²) in [6, 6.07) is 8.82. The number of benzene rings is 1. The van der Waals surface area contributed by atoms with Gasteiger partial charge in [-0.2, -0.15) is 4.98 Å². The maximum absolute atomic E-state index is 5.94. The number of fused-ring (bicyclic) bond motifs is 1. The third kappa shape index (κ3) is 2.35. The van der Waals surface area contributed by atoms with E-state index < -0.39 is 0 Å². The van der Waals surface area contributed by atoms with E-state index in [1.807, 2.05) is 0 Å². The largest absolute Gasteiger partial charge is 0.322 e. The molecule has 0 fully saturated rings. The molecule has 0 bridgehead atoms. The van der Waals surface area contributed by atoms with Crippen LogP contribution in [0.3, 0.4) is 0 Å². The molecular formula is C14H13BrClN3.